The van der Waals surface area contributed by atoms with Crippen molar-refractivity contribution < 1.29 is 9.47 Å². The van der Waals surface area contributed by atoms with Gasteiger partial charge in [0.25, 0.3) is 0 Å². The maximum absolute atomic E-state index is 5.82. The Morgan fingerprint density at radius 1 is 1.14 bits per heavy atom. The Morgan fingerprint density at radius 3 is 2.76 bits per heavy atom. The van der Waals surface area contributed by atoms with Gasteiger partial charge in [0.15, 0.2) is 0 Å². The number of methoxy groups -OCH3 is 1. The van der Waals surface area contributed by atoms with Crippen LogP contribution in [0, 0.1) is 0 Å². The van der Waals surface area contributed by atoms with Crippen LogP contribution < -0.4 is 14.8 Å². The second-order valence-corrected chi connectivity index (χ2v) is 7.71. The van der Waals surface area contributed by atoms with Crippen LogP contribution in [0.2, 0.25) is 0 Å². The van der Waals surface area contributed by atoms with Gasteiger partial charge in [-0.25, -0.2) is 4.98 Å². The molecule has 1 saturated heterocycles. The highest BCUT2D eigenvalue weighted by Gasteiger charge is 2.26. The molecule has 0 saturated carbocycles. The highest BCUT2D eigenvalue weighted by atomic mass is 35.5. The van der Waals surface area contributed by atoms with Crippen LogP contribution in [0.3, 0.4) is 0 Å². The molecular weight excluding hydrogens is 406 g/mol. The molecular formula is C22H26ClN3O2S. The third-order valence-corrected chi connectivity index (χ3v) is 5.79. The maximum Gasteiger partial charge on any atom is 0.140 e. The fourth-order valence-electron chi connectivity index (χ4n) is 3.54. The first kappa shape index (κ1) is 21.6. The fraction of sp³-hybridized carbons (Fsp3) is 0.318. The maximum atomic E-state index is 5.82. The standard InChI is InChI=1S/C22H25N3O2S.ClH/c1-26-21-10-6-5-9-19(21)20-13-23-11-12-25(20)14-17-16-28-22(24-17)15-27-18-7-3-2-4-8-18;/h2-10,16,20,23H,11-15H2,1H3;1H. The lowest BCUT2D eigenvalue weighted by atomic mass is 10.0. The van der Waals surface area contributed by atoms with Gasteiger partial charge in [-0.05, 0) is 18.2 Å². The molecule has 3 aromatic rings. The average Bonchev–Trinajstić information content (AvgIpc) is 3.21. The van der Waals surface area contributed by atoms with Crippen molar-refractivity contribution in [2.75, 3.05) is 26.7 Å². The fourth-order valence-corrected chi connectivity index (χ4v) is 4.24. The number of para-hydroxylation sites is 2. The lowest BCUT2D eigenvalue weighted by molar-refractivity contribution is 0.149. The van der Waals surface area contributed by atoms with Crippen LogP contribution in [0.1, 0.15) is 22.3 Å². The number of nitrogens with one attached hydrogen (secondary N) is 1. The van der Waals surface area contributed by atoms with E-state index in [0.29, 0.717) is 6.61 Å². The molecule has 1 aliphatic rings. The Kier molecular flexibility index (Phi) is 7.89. The van der Waals surface area contributed by atoms with Crippen LogP contribution in [0.5, 0.6) is 11.5 Å². The van der Waals surface area contributed by atoms with Crippen LogP contribution in [0.4, 0.5) is 0 Å². The van der Waals surface area contributed by atoms with Gasteiger partial charge < -0.3 is 14.8 Å². The first-order valence-corrected chi connectivity index (χ1v) is 10.4. The minimum absolute atomic E-state index is 0. The van der Waals surface area contributed by atoms with E-state index in [-0.39, 0.29) is 18.4 Å². The summed E-state index contributed by atoms with van der Waals surface area (Å²) in [4.78, 5) is 7.27. The lowest BCUT2D eigenvalue weighted by Gasteiger charge is -2.36. The second-order valence-electron chi connectivity index (χ2n) is 6.77. The van der Waals surface area contributed by atoms with Crippen LogP contribution in [-0.2, 0) is 13.2 Å². The predicted molar refractivity (Wildman–Crippen MR) is 119 cm³/mol. The Balaban J connectivity index is 0.00000240. The molecule has 0 amide bonds. The van der Waals surface area contributed by atoms with Gasteiger partial charge in [-0.15, -0.1) is 23.7 Å². The first-order valence-electron chi connectivity index (χ1n) is 9.52. The van der Waals surface area contributed by atoms with Gasteiger partial charge in [-0.1, -0.05) is 36.4 Å². The molecule has 2 heterocycles. The van der Waals surface area contributed by atoms with E-state index >= 15 is 0 Å². The Hall–Kier alpha value is -2.12. The van der Waals surface area contributed by atoms with Crippen molar-refractivity contribution >= 4 is 23.7 Å². The molecule has 1 N–H and O–H groups in total. The van der Waals surface area contributed by atoms with Crippen molar-refractivity contribution in [3.8, 4) is 11.5 Å². The molecule has 1 fully saturated rings. The van der Waals surface area contributed by atoms with Crippen LogP contribution in [0.15, 0.2) is 60.0 Å². The number of piperazine rings is 1. The molecule has 0 aliphatic carbocycles. The molecule has 0 spiro atoms. The molecule has 1 unspecified atom stereocenters. The van der Waals surface area contributed by atoms with Gasteiger partial charge in [0.1, 0.15) is 23.1 Å². The van der Waals surface area contributed by atoms with Crippen molar-refractivity contribution in [1.82, 2.24) is 15.2 Å². The molecule has 1 atom stereocenters. The van der Waals surface area contributed by atoms with E-state index in [1.165, 1.54) is 5.56 Å². The lowest BCUT2D eigenvalue weighted by Crippen LogP contribution is -2.45. The summed E-state index contributed by atoms with van der Waals surface area (Å²) < 4.78 is 11.4. The molecule has 1 aromatic heterocycles. The summed E-state index contributed by atoms with van der Waals surface area (Å²) in [6.07, 6.45) is 0. The molecule has 4 rings (SSSR count). The third-order valence-electron chi connectivity index (χ3n) is 4.92. The van der Waals surface area contributed by atoms with E-state index in [9.17, 15) is 0 Å². The smallest absolute Gasteiger partial charge is 0.140 e. The number of aromatic nitrogens is 1. The summed E-state index contributed by atoms with van der Waals surface area (Å²) >= 11 is 1.66. The number of halogens is 1. The summed E-state index contributed by atoms with van der Waals surface area (Å²) in [5, 5.41) is 6.66. The highest BCUT2D eigenvalue weighted by Crippen LogP contribution is 2.31. The molecule has 0 radical (unpaired) electrons. The quantitative estimate of drug-likeness (QED) is 0.604. The number of ether oxygens (including phenoxy) is 2. The SMILES string of the molecule is COc1ccccc1C1CNCCN1Cc1csc(COc2ccccc2)n1.Cl. The largest absolute Gasteiger partial charge is 0.496 e. The predicted octanol–water partition coefficient (Wildman–Crippen LogP) is 4.30. The Labute approximate surface area is 182 Å². The summed E-state index contributed by atoms with van der Waals surface area (Å²) in [6.45, 7) is 4.21. The Bertz CT molecular complexity index is 891. The molecule has 1 aliphatic heterocycles. The molecule has 7 heteroatoms. The van der Waals surface area contributed by atoms with Gasteiger partial charge in [0, 0.05) is 37.1 Å². The average molecular weight is 432 g/mol. The highest BCUT2D eigenvalue weighted by molar-refractivity contribution is 7.09. The van der Waals surface area contributed by atoms with E-state index in [1.54, 1.807) is 18.4 Å². The Morgan fingerprint density at radius 2 is 1.93 bits per heavy atom. The second kappa shape index (κ2) is 10.6. The summed E-state index contributed by atoms with van der Waals surface area (Å²) in [5.41, 5.74) is 2.32. The van der Waals surface area contributed by atoms with Crippen molar-refractivity contribution in [3.63, 3.8) is 0 Å². The minimum Gasteiger partial charge on any atom is -0.496 e. The normalized spacial score (nSPS) is 16.8. The van der Waals surface area contributed by atoms with Crippen LogP contribution >= 0.6 is 23.7 Å². The van der Waals surface area contributed by atoms with Crippen molar-refractivity contribution in [2.45, 2.75) is 19.2 Å². The topological polar surface area (TPSA) is 46.6 Å². The molecule has 0 bridgehead atoms. The monoisotopic (exact) mass is 431 g/mol. The zero-order chi connectivity index (χ0) is 19.2. The van der Waals surface area contributed by atoms with Crippen molar-refractivity contribution in [3.05, 3.63) is 76.2 Å². The minimum atomic E-state index is 0. The van der Waals surface area contributed by atoms with E-state index < -0.39 is 0 Å². The number of benzene rings is 2. The summed E-state index contributed by atoms with van der Waals surface area (Å²) in [7, 11) is 1.73. The number of hydrogen-bond acceptors (Lipinski definition) is 6. The third kappa shape index (κ3) is 5.48. The van der Waals surface area contributed by atoms with Gasteiger partial charge >= 0.3 is 0 Å². The summed E-state index contributed by atoms with van der Waals surface area (Å²) in [6, 6.07) is 18.4. The van der Waals surface area contributed by atoms with E-state index in [4.69, 9.17) is 14.5 Å². The number of thiazole rings is 1. The summed E-state index contributed by atoms with van der Waals surface area (Å²) in [5.74, 6) is 1.81. The van der Waals surface area contributed by atoms with E-state index in [1.807, 2.05) is 42.5 Å². The van der Waals surface area contributed by atoms with Crippen LogP contribution in [0.25, 0.3) is 0 Å². The van der Waals surface area contributed by atoms with E-state index in [2.05, 4.69) is 27.7 Å². The van der Waals surface area contributed by atoms with Gasteiger partial charge in [-0.2, -0.15) is 0 Å². The van der Waals surface area contributed by atoms with Crippen LogP contribution in [-0.4, -0.2) is 36.6 Å². The van der Waals surface area contributed by atoms with Crippen molar-refractivity contribution in [2.24, 2.45) is 0 Å². The number of rotatable bonds is 7. The molecule has 29 heavy (non-hydrogen) atoms. The number of nitrogens with zero attached hydrogens (tertiary/aromatic N) is 2. The van der Waals surface area contributed by atoms with Gasteiger partial charge in [0.2, 0.25) is 0 Å². The number of hydrogen-bond donors (Lipinski definition) is 1. The zero-order valence-electron chi connectivity index (χ0n) is 16.4. The first-order chi connectivity index (χ1) is 13.8. The van der Waals surface area contributed by atoms with Crippen molar-refractivity contribution in [1.29, 1.82) is 0 Å². The molecule has 5 nitrogen and oxygen atoms in total. The molecule has 154 valence electrons. The zero-order valence-corrected chi connectivity index (χ0v) is 18.0. The molecule has 2 aromatic carbocycles. The van der Waals surface area contributed by atoms with Gasteiger partial charge in [-0.3, -0.25) is 4.90 Å². The van der Waals surface area contributed by atoms with E-state index in [0.717, 1.165) is 48.4 Å². The van der Waals surface area contributed by atoms with Gasteiger partial charge in [0.05, 0.1) is 18.8 Å².